The van der Waals surface area contributed by atoms with Crippen LogP contribution in [0.4, 0.5) is 5.13 Å². The van der Waals surface area contributed by atoms with E-state index in [1.165, 1.54) is 36.2 Å². The van der Waals surface area contributed by atoms with Crippen molar-refractivity contribution in [3.8, 4) is 11.3 Å². The number of hydrogen-bond donors (Lipinski definition) is 1. The molecule has 1 aliphatic rings. The molecule has 24 heavy (non-hydrogen) atoms. The Morgan fingerprint density at radius 1 is 1.21 bits per heavy atom. The lowest BCUT2D eigenvalue weighted by molar-refractivity contribution is -0.120. The molecular weight excluding hydrogens is 316 g/mol. The standard InChI is InChI=1S/C20H26N2OS/c1-14(2)12-15-8-10-16(11-9-15)18-13-24-20(21-18)22-19(23)17-6-4-3-5-7-17/h8-11,13-14,17H,3-7,12H2,1-2H3,(H,21,22,23). The van der Waals surface area contributed by atoms with Crippen molar-refractivity contribution in [2.45, 2.75) is 52.4 Å². The highest BCUT2D eigenvalue weighted by molar-refractivity contribution is 7.14. The molecule has 0 unspecified atom stereocenters. The molecule has 0 saturated heterocycles. The maximum absolute atomic E-state index is 12.3. The van der Waals surface area contributed by atoms with Crippen molar-refractivity contribution in [3.05, 3.63) is 35.2 Å². The number of nitrogens with one attached hydrogen (secondary N) is 1. The third-order valence-electron chi connectivity index (χ3n) is 4.60. The van der Waals surface area contributed by atoms with E-state index in [2.05, 4.69) is 48.4 Å². The first kappa shape index (κ1) is 17.2. The van der Waals surface area contributed by atoms with Gasteiger partial charge in [-0.2, -0.15) is 0 Å². The summed E-state index contributed by atoms with van der Waals surface area (Å²) in [4.78, 5) is 16.9. The highest BCUT2D eigenvalue weighted by Crippen LogP contribution is 2.28. The van der Waals surface area contributed by atoms with Crippen LogP contribution in [0.2, 0.25) is 0 Å². The van der Waals surface area contributed by atoms with Gasteiger partial charge in [0.05, 0.1) is 5.69 Å². The number of anilines is 1. The lowest BCUT2D eigenvalue weighted by Gasteiger charge is -2.19. The largest absolute Gasteiger partial charge is 0.302 e. The van der Waals surface area contributed by atoms with Crippen molar-refractivity contribution in [3.63, 3.8) is 0 Å². The van der Waals surface area contributed by atoms with Crippen molar-refractivity contribution in [1.82, 2.24) is 4.98 Å². The fourth-order valence-electron chi connectivity index (χ4n) is 3.32. The monoisotopic (exact) mass is 342 g/mol. The quantitative estimate of drug-likeness (QED) is 0.776. The second-order valence-electron chi connectivity index (χ2n) is 7.16. The third-order valence-corrected chi connectivity index (χ3v) is 5.36. The fraction of sp³-hybridized carbons (Fsp3) is 0.500. The smallest absolute Gasteiger partial charge is 0.229 e. The SMILES string of the molecule is CC(C)Cc1ccc(-c2csc(NC(=O)C3CCCCC3)n2)cc1. The van der Waals surface area contributed by atoms with Crippen LogP contribution >= 0.6 is 11.3 Å². The van der Waals surface area contributed by atoms with E-state index in [1.54, 1.807) is 0 Å². The first-order valence-electron chi connectivity index (χ1n) is 8.97. The predicted octanol–water partition coefficient (Wildman–Crippen LogP) is 5.53. The summed E-state index contributed by atoms with van der Waals surface area (Å²) in [6.07, 6.45) is 6.73. The summed E-state index contributed by atoms with van der Waals surface area (Å²) >= 11 is 1.51. The number of amides is 1. The van der Waals surface area contributed by atoms with E-state index in [-0.39, 0.29) is 11.8 Å². The maximum Gasteiger partial charge on any atom is 0.229 e. The Morgan fingerprint density at radius 3 is 2.58 bits per heavy atom. The number of rotatable bonds is 5. The fourth-order valence-corrected chi connectivity index (χ4v) is 4.04. The highest BCUT2D eigenvalue weighted by atomic mass is 32.1. The van der Waals surface area contributed by atoms with Crippen LogP contribution in [-0.4, -0.2) is 10.9 Å². The molecule has 1 heterocycles. The van der Waals surface area contributed by atoms with Crippen LogP contribution in [-0.2, 0) is 11.2 Å². The second-order valence-corrected chi connectivity index (χ2v) is 8.02. The molecule has 1 N–H and O–H groups in total. The molecule has 1 aromatic carbocycles. The molecule has 0 radical (unpaired) electrons. The van der Waals surface area contributed by atoms with Crippen molar-refractivity contribution < 1.29 is 4.79 Å². The minimum Gasteiger partial charge on any atom is -0.302 e. The molecule has 1 aromatic heterocycles. The molecule has 128 valence electrons. The van der Waals surface area contributed by atoms with Gasteiger partial charge in [-0.3, -0.25) is 4.79 Å². The molecular formula is C20H26N2OS. The van der Waals surface area contributed by atoms with Crippen LogP contribution in [0.3, 0.4) is 0 Å². The molecule has 3 rings (SSSR count). The van der Waals surface area contributed by atoms with Gasteiger partial charge in [-0.05, 0) is 30.7 Å². The van der Waals surface area contributed by atoms with Gasteiger partial charge in [0.1, 0.15) is 0 Å². The molecule has 2 aromatic rings. The summed E-state index contributed by atoms with van der Waals surface area (Å²) in [5.41, 5.74) is 3.40. The number of aromatic nitrogens is 1. The van der Waals surface area contributed by atoms with Crippen LogP contribution in [0.25, 0.3) is 11.3 Å². The first-order chi connectivity index (χ1) is 11.6. The average molecular weight is 343 g/mol. The van der Waals surface area contributed by atoms with Gasteiger partial charge in [-0.1, -0.05) is 57.4 Å². The third kappa shape index (κ3) is 4.44. The van der Waals surface area contributed by atoms with E-state index >= 15 is 0 Å². The van der Waals surface area contributed by atoms with E-state index in [0.717, 1.165) is 30.5 Å². The lowest BCUT2D eigenvalue weighted by atomic mass is 9.89. The molecule has 0 spiro atoms. The molecule has 0 atom stereocenters. The molecule has 0 bridgehead atoms. The van der Waals surface area contributed by atoms with Crippen LogP contribution in [0.15, 0.2) is 29.6 Å². The minimum atomic E-state index is 0.142. The zero-order valence-corrected chi connectivity index (χ0v) is 15.4. The van der Waals surface area contributed by atoms with Crippen molar-refractivity contribution in [1.29, 1.82) is 0 Å². The predicted molar refractivity (Wildman–Crippen MR) is 101 cm³/mol. The molecule has 0 aliphatic heterocycles. The Morgan fingerprint density at radius 2 is 1.92 bits per heavy atom. The topological polar surface area (TPSA) is 42.0 Å². The van der Waals surface area contributed by atoms with Gasteiger partial charge in [0.15, 0.2) is 5.13 Å². The van der Waals surface area contributed by atoms with E-state index < -0.39 is 0 Å². The first-order valence-corrected chi connectivity index (χ1v) is 9.85. The molecule has 4 heteroatoms. The molecule has 1 aliphatic carbocycles. The van der Waals surface area contributed by atoms with Gasteiger partial charge in [0, 0.05) is 16.9 Å². The van der Waals surface area contributed by atoms with Crippen LogP contribution < -0.4 is 5.32 Å². The zero-order chi connectivity index (χ0) is 16.9. The Kier molecular flexibility index (Phi) is 5.67. The Balaban J connectivity index is 1.63. The van der Waals surface area contributed by atoms with Gasteiger partial charge in [0.2, 0.25) is 5.91 Å². The van der Waals surface area contributed by atoms with Crippen LogP contribution in [0, 0.1) is 11.8 Å². The lowest BCUT2D eigenvalue weighted by Crippen LogP contribution is -2.24. The summed E-state index contributed by atoms with van der Waals surface area (Å²) in [5, 5.41) is 5.74. The van der Waals surface area contributed by atoms with E-state index in [0.29, 0.717) is 11.0 Å². The van der Waals surface area contributed by atoms with Gasteiger partial charge in [-0.25, -0.2) is 4.98 Å². The van der Waals surface area contributed by atoms with E-state index in [4.69, 9.17) is 0 Å². The summed E-state index contributed by atoms with van der Waals surface area (Å²) in [5.74, 6) is 0.973. The summed E-state index contributed by atoms with van der Waals surface area (Å²) < 4.78 is 0. The highest BCUT2D eigenvalue weighted by Gasteiger charge is 2.21. The molecule has 1 saturated carbocycles. The Labute approximate surface area is 148 Å². The summed E-state index contributed by atoms with van der Waals surface area (Å²) in [6, 6.07) is 8.60. The Hall–Kier alpha value is -1.68. The molecule has 1 fully saturated rings. The van der Waals surface area contributed by atoms with Crippen molar-refractivity contribution in [2.24, 2.45) is 11.8 Å². The normalized spacial score (nSPS) is 15.6. The van der Waals surface area contributed by atoms with Crippen molar-refractivity contribution >= 4 is 22.4 Å². The number of hydrogen-bond acceptors (Lipinski definition) is 3. The number of benzene rings is 1. The molecule has 1 amide bonds. The van der Waals surface area contributed by atoms with Crippen LogP contribution in [0.5, 0.6) is 0 Å². The number of carbonyl (C=O) groups is 1. The number of nitrogens with zero attached hydrogens (tertiary/aromatic N) is 1. The minimum absolute atomic E-state index is 0.142. The second kappa shape index (κ2) is 7.93. The van der Waals surface area contributed by atoms with E-state index in [9.17, 15) is 4.79 Å². The molecule has 3 nitrogen and oxygen atoms in total. The maximum atomic E-state index is 12.3. The van der Waals surface area contributed by atoms with Crippen LogP contribution in [0.1, 0.15) is 51.5 Å². The summed E-state index contributed by atoms with van der Waals surface area (Å²) in [7, 11) is 0. The van der Waals surface area contributed by atoms with E-state index in [1.807, 2.05) is 5.38 Å². The van der Waals surface area contributed by atoms with Gasteiger partial charge >= 0.3 is 0 Å². The van der Waals surface area contributed by atoms with Gasteiger partial charge in [0.25, 0.3) is 0 Å². The van der Waals surface area contributed by atoms with Gasteiger partial charge in [-0.15, -0.1) is 11.3 Å². The summed E-state index contributed by atoms with van der Waals surface area (Å²) in [6.45, 7) is 4.46. The van der Waals surface area contributed by atoms with Crippen molar-refractivity contribution in [2.75, 3.05) is 5.32 Å². The number of carbonyl (C=O) groups excluding carboxylic acids is 1. The Bertz CT molecular complexity index is 669. The van der Waals surface area contributed by atoms with Gasteiger partial charge < -0.3 is 5.32 Å². The average Bonchev–Trinajstić information content (AvgIpc) is 3.04. The number of thiazole rings is 1. The zero-order valence-electron chi connectivity index (χ0n) is 14.5.